The van der Waals surface area contributed by atoms with E-state index >= 15 is 0 Å². The molecule has 0 saturated heterocycles. The molecular weight excluding hydrogens is 425 g/mol. The molecule has 1 aliphatic heterocycles. The largest absolute Gasteiger partial charge is 0.405 e. The highest BCUT2D eigenvalue weighted by Crippen LogP contribution is 2.30. The van der Waals surface area contributed by atoms with Crippen molar-refractivity contribution in [2.45, 2.75) is 45.3 Å². The summed E-state index contributed by atoms with van der Waals surface area (Å²) < 4.78 is 37.4. The zero-order chi connectivity index (χ0) is 23.5. The Morgan fingerprint density at radius 2 is 2.09 bits per heavy atom. The van der Waals surface area contributed by atoms with Crippen LogP contribution in [-0.4, -0.2) is 59.0 Å². The van der Waals surface area contributed by atoms with Crippen LogP contribution in [0.2, 0.25) is 0 Å². The van der Waals surface area contributed by atoms with Gasteiger partial charge in [-0.1, -0.05) is 13.8 Å². The zero-order valence-electron chi connectivity index (χ0n) is 18.0. The lowest BCUT2D eigenvalue weighted by Crippen LogP contribution is -2.42. The molecule has 11 heteroatoms. The van der Waals surface area contributed by atoms with Gasteiger partial charge in [-0.2, -0.15) is 13.2 Å². The van der Waals surface area contributed by atoms with E-state index in [0.717, 1.165) is 10.9 Å². The Labute approximate surface area is 182 Å². The van der Waals surface area contributed by atoms with Crippen molar-refractivity contribution in [2.24, 2.45) is 15.9 Å². The number of nitrogens with one attached hydrogen (secondary N) is 3. The summed E-state index contributed by atoms with van der Waals surface area (Å²) in [5.41, 5.74) is 2.75. The SMILES string of the molecule is CC(=O)Nc1cnc2[nH]cc(C3C=NCC(=NC(C(=O)NCC(F)(F)F)C(C)C)C3)c2c1. The van der Waals surface area contributed by atoms with Crippen molar-refractivity contribution in [1.82, 2.24) is 15.3 Å². The first kappa shape index (κ1) is 23.4. The molecule has 8 nitrogen and oxygen atoms in total. The summed E-state index contributed by atoms with van der Waals surface area (Å²) in [6.07, 6.45) is 1.14. The molecule has 3 N–H and O–H groups in total. The molecule has 0 bridgehead atoms. The summed E-state index contributed by atoms with van der Waals surface area (Å²) in [6, 6.07) is 0.883. The highest BCUT2D eigenvalue weighted by atomic mass is 19.4. The fourth-order valence-corrected chi connectivity index (χ4v) is 3.54. The summed E-state index contributed by atoms with van der Waals surface area (Å²) in [7, 11) is 0. The molecule has 0 aromatic carbocycles. The van der Waals surface area contributed by atoms with Gasteiger partial charge in [-0.25, -0.2) is 4.98 Å². The van der Waals surface area contributed by atoms with Crippen molar-refractivity contribution in [3.05, 3.63) is 24.0 Å². The number of H-pyrrole nitrogens is 1. The number of hydrogen-bond donors (Lipinski definition) is 3. The fourth-order valence-electron chi connectivity index (χ4n) is 3.54. The van der Waals surface area contributed by atoms with E-state index in [4.69, 9.17) is 0 Å². The highest BCUT2D eigenvalue weighted by Gasteiger charge is 2.31. The summed E-state index contributed by atoms with van der Waals surface area (Å²) >= 11 is 0. The van der Waals surface area contributed by atoms with Gasteiger partial charge in [-0.05, 0) is 24.0 Å². The summed E-state index contributed by atoms with van der Waals surface area (Å²) in [5.74, 6) is -1.40. The second kappa shape index (κ2) is 9.49. The van der Waals surface area contributed by atoms with Crippen LogP contribution in [0.4, 0.5) is 18.9 Å². The molecular formula is C21H25F3N6O2. The number of nitrogens with zero attached hydrogens (tertiary/aromatic N) is 3. The average Bonchev–Trinajstić information content (AvgIpc) is 3.12. The second-order valence-corrected chi connectivity index (χ2v) is 8.06. The number of carbonyl (C=O) groups excluding carboxylic acids is 2. The van der Waals surface area contributed by atoms with Gasteiger partial charge in [0.2, 0.25) is 11.8 Å². The van der Waals surface area contributed by atoms with Crippen molar-refractivity contribution in [2.75, 3.05) is 18.4 Å². The number of aliphatic imine (C=N–C) groups is 2. The number of carbonyl (C=O) groups is 2. The van der Waals surface area contributed by atoms with Gasteiger partial charge in [0.25, 0.3) is 0 Å². The van der Waals surface area contributed by atoms with Gasteiger partial charge >= 0.3 is 6.18 Å². The van der Waals surface area contributed by atoms with Gasteiger partial charge in [-0.3, -0.25) is 19.6 Å². The van der Waals surface area contributed by atoms with E-state index < -0.39 is 24.7 Å². The fraction of sp³-hybridized carbons (Fsp3) is 0.476. The number of fused-ring (bicyclic) bond motifs is 1. The maximum atomic E-state index is 12.5. The molecule has 3 rings (SSSR count). The van der Waals surface area contributed by atoms with Crippen LogP contribution in [0.25, 0.3) is 11.0 Å². The van der Waals surface area contributed by atoms with Gasteiger partial charge in [-0.15, -0.1) is 0 Å². The van der Waals surface area contributed by atoms with Crippen LogP contribution in [0.15, 0.2) is 28.4 Å². The topological polar surface area (TPSA) is 112 Å². The van der Waals surface area contributed by atoms with Crippen LogP contribution in [0.3, 0.4) is 0 Å². The van der Waals surface area contributed by atoms with Gasteiger partial charge in [0.15, 0.2) is 0 Å². The Hall–Kier alpha value is -3.24. The van der Waals surface area contributed by atoms with Gasteiger partial charge in [0.05, 0.1) is 18.4 Å². The van der Waals surface area contributed by atoms with Crippen LogP contribution in [0.5, 0.6) is 0 Å². The smallest absolute Gasteiger partial charge is 0.346 e. The summed E-state index contributed by atoms with van der Waals surface area (Å²) in [5, 5.41) is 5.44. The minimum absolute atomic E-state index is 0.156. The Morgan fingerprint density at radius 3 is 2.75 bits per heavy atom. The predicted molar refractivity (Wildman–Crippen MR) is 116 cm³/mol. The molecule has 3 heterocycles. The normalized spacial score (nSPS) is 18.8. The molecule has 2 aromatic heterocycles. The highest BCUT2D eigenvalue weighted by molar-refractivity contribution is 5.98. The molecule has 0 fully saturated rings. The molecule has 0 radical (unpaired) electrons. The van der Waals surface area contributed by atoms with E-state index in [1.54, 1.807) is 26.3 Å². The maximum Gasteiger partial charge on any atom is 0.405 e. The molecule has 172 valence electrons. The summed E-state index contributed by atoms with van der Waals surface area (Å²) in [6.45, 7) is 3.78. The molecule has 0 spiro atoms. The Kier molecular flexibility index (Phi) is 6.95. The van der Waals surface area contributed by atoms with Crippen molar-refractivity contribution < 1.29 is 22.8 Å². The van der Waals surface area contributed by atoms with E-state index in [2.05, 4.69) is 25.3 Å². The lowest BCUT2D eigenvalue weighted by Gasteiger charge is -2.22. The van der Waals surface area contributed by atoms with Crippen LogP contribution in [0, 0.1) is 5.92 Å². The number of aromatic amines is 1. The number of hydrogen-bond acceptors (Lipinski definition) is 5. The zero-order valence-corrected chi connectivity index (χ0v) is 18.0. The third kappa shape index (κ3) is 5.92. The first-order chi connectivity index (χ1) is 15.0. The number of aromatic nitrogens is 2. The van der Waals surface area contributed by atoms with Crippen LogP contribution in [0.1, 0.15) is 38.7 Å². The number of amides is 2. The van der Waals surface area contributed by atoms with Crippen molar-refractivity contribution >= 4 is 40.5 Å². The van der Waals surface area contributed by atoms with Crippen molar-refractivity contribution in [1.29, 1.82) is 0 Å². The number of alkyl halides is 3. The quantitative estimate of drug-likeness (QED) is 0.628. The second-order valence-electron chi connectivity index (χ2n) is 8.06. The van der Waals surface area contributed by atoms with E-state index in [1.165, 1.54) is 6.92 Å². The number of pyridine rings is 1. The Bertz CT molecular complexity index is 1060. The molecule has 2 unspecified atom stereocenters. The van der Waals surface area contributed by atoms with E-state index in [0.29, 0.717) is 23.5 Å². The third-order valence-electron chi connectivity index (χ3n) is 4.98. The lowest BCUT2D eigenvalue weighted by molar-refractivity contribution is -0.139. The van der Waals surface area contributed by atoms with Gasteiger partial charge in [0, 0.05) is 36.4 Å². The van der Waals surface area contributed by atoms with Crippen molar-refractivity contribution in [3.8, 4) is 0 Å². The first-order valence-corrected chi connectivity index (χ1v) is 10.2. The first-order valence-electron chi connectivity index (χ1n) is 10.2. The molecule has 2 aromatic rings. The minimum atomic E-state index is -4.48. The van der Waals surface area contributed by atoms with Crippen LogP contribution in [-0.2, 0) is 9.59 Å². The molecule has 1 aliphatic rings. The van der Waals surface area contributed by atoms with E-state index in [9.17, 15) is 22.8 Å². The standard InChI is InChI=1S/C21H25F3N6O2/c1-11(2)18(20(32)28-10-21(22,23)24)30-14-4-13(6-25-7-14)17-9-27-19-16(17)5-15(8-26-19)29-12(3)31/h5-6,8-9,11,13,18H,4,7,10H2,1-3H3,(H,26,27)(H,28,32)(H,29,31). The van der Waals surface area contributed by atoms with E-state index in [1.807, 2.05) is 17.6 Å². The monoisotopic (exact) mass is 450 g/mol. The third-order valence-corrected chi connectivity index (χ3v) is 4.98. The molecule has 0 aliphatic carbocycles. The Morgan fingerprint density at radius 1 is 1.34 bits per heavy atom. The lowest BCUT2D eigenvalue weighted by atomic mass is 9.92. The number of rotatable bonds is 6. The van der Waals surface area contributed by atoms with Crippen molar-refractivity contribution in [3.63, 3.8) is 0 Å². The molecule has 2 amide bonds. The molecule has 2 atom stereocenters. The van der Waals surface area contributed by atoms with Gasteiger partial charge in [0.1, 0.15) is 18.2 Å². The van der Waals surface area contributed by atoms with E-state index in [-0.39, 0.29) is 24.3 Å². The molecule has 32 heavy (non-hydrogen) atoms. The number of anilines is 1. The number of halogens is 3. The summed E-state index contributed by atoms with van der Waals surface area (Å²) in [4.78, 5) is 39.9. The predicted octanol–water partition coefficient (Wildman–Crippen LogP) is 3.22. The van der Waals surface area contributed by atoms with Crippen LogP contribution < -0.4 is 10.6 Å². The van der Waals surface area contributed by atoms with Gasteiger partial charge < -0.3 is 15.6 Å². The average molecular weight is 450 g/mol. The maximum absolute atomic E-state index is 12.5. The molecule has 0 saturated carbocycles. The Balaban J connectivity index is 1.81. The van der Waals surface area contributed by atoms with Crippen LogP contribution >= 0.6 is 0 Å². The minimum Gasteiger partial charge on any atom is -0.346 e.